The fraction of sp³-hybridized carbons (Fsp3) is 0.310. The lowest BCUT2D eigenvalue weighted by molar-refractivity contribution is 0.101. The van der Waals surface area contributed by atoms with Gasteiger partial charge in [0.15, 0.2) is 5.76 Å². The molecular weight excluding hydrogens is 456 g/mol. The van der Waals surface area contributed by atoms with Gasteiger partial charge in [0.2, 0.25) is 5.78 Å². The average Bonchev–Trinajstić information content (AvgIpc) is 3.18. The largest absolute Gasteiger partial charge is 0.507 e. The monoisotopic (exact) mass is 484 g/mol. The van der Waals surface area contributed by atoms with Crippen molar-refractivity contribution in [2.45, 2.75) is 32.4 Å². The number of ether oxygens (including phenoxy) is 2. The number of aromatic nitrogens is 1. The maximum Gasteiger partial charge on any atom is 0.250 e. The van der Waals surface area contributed by atoms with E-state index in [1.54, 1.807) is 24.3 Å². The summed E-state index contributed by atoms with van der Waals surface area (Å²) in [6.07, 6.45) is 2.76. The van der Waals surface area contributed by atoms with Crippen LogP contribution in [0.5, 0.6) is 17.2 Å². The van der Waals surface area contributed by atoms with Crippen LogP contribution in [-0.2, 0) is 13.1 Å². The summed E-state index contributed by atoms with van der Waals surface area (Å²) < 4.78 is 13.7. The van der Waals surface area contributed by atoms with Gasteiger partial charge in [0.25, 0.3) is 5.56 Å². The number of nitrogens with zero attached hydrogens (tertiary/aromatic N) is 2. The number of allylic oxidation sites excluding steroid dienone is 1. The molecule has 0 aliphatic carbocycles. The van der Waals surface area contributed by atoms with Crippen LogP contribution >= 0.6 is 0 Å². The van der Waals surface area contributed by atoms with Gasteiger partial charge in [0, 0.05) is 49.4 Å². The third-order valence-electron chi connectivity index (χ3n) is 7.36. The molecule has 7 heteroatoms. The number of para-hydroxylation sites is 1. The molecule has 0 radical (unpaired) electrons. The highest BCUT2D eigenvalue weighted by molar-refractivity contribution is 6.15. The Morgan fingerprint density at radius 1 is 1.06 bits per heavy atom. The Labute approximate surface area is 209 Å². The first-order valence-electron chi connectivity index (χ1n) is 12.4. The lowest BCUT2D eigenvalue weighted by Crippen LogP contribution is -2.46. The van der Waals surface area contributed by atoms with Gasteiger partial charge in [-0.25, -0.2) is 0 Å². The molecule has 0 unspecified atom stereocenters. The summed E-state index contributed by atoms with van der Waals surface area (Å²) in [6, 6.07) is 16.2. The van der Waals surface area contributed by atoms with E-state index in [-0.39, 0.29) is 28.8 Å². The minimum absolute atomic E-state index is 0.0614. The fourth-order valence-electron chi connectivity index (χ4n) is 5.83. The van der Waals surface area contributed by atoms with Crippen LogP contribution in [-0.4, -0.2) is 40.1 Å². The van der Waals surface area contributed by atoms with Crippen molar-refractivity contribution in [2.75, 3.05) is 19.7 Å². The number of phenolic OH excluding ortho intramolecular Hbond substituents is 1. The number of rotatable bonds is 5. The van der Waals surface area contributed by atoms with Gasteiger partial charge in [-0.2, -0.15) is 0 Å². The maximum atomic E-state index is 13.2. The van der Waals surface area contributed by atoms with Crippen molar-refractivity contribution in [3.05, 3.63) is 93.1 Å². The first-order chi connectivity index (χ1) is 17.5. The average molecular weight is 485 g/mol. The van der Waals surface area contributed by atoms with E-state index in [0.29, 0.717) is 48.2 Å². The number of phenols is 1. The minimum Gasteiger partial charge on any atom is -0.507 e. The van der Waals surface area contributed by atoms with Crippen LogP contribution in [0.1, 0.15) is 46.4 Å². The van der Waals surface area contributed by atoms with Crippen LogP contribution in [0, 0.1) is 5.92 Å². The predicted octanol–water partition coefficient (Wildman–Crippen LogP) is 4.19. The normalized spacial score (nSPS) is 21.7. The number of fused-ring (bicyclic) bond motifs is 5. The first-order valence-corrected chi connectivity index (χ1v) is 12.4. The maximum absolute atomic E-state index is 13.2. The van der Waals surface area contributed by atoms with Crippen LogP contribution < -0.4 is 15.0 Å². The molecule has 3 aliphatic heterocycles. The number of benzene rings is 2. The molecule has 1 saturated heterocycles. The van der Waals surface area contributed by atoms with Gasteiger partial charge in [0.05, 0.1) is 17.7 Å². The molecule has 3 aromatic rings. The summed E-state index contributed by atoms with van der Waals surface area (Å²) in [5.41, 5.74) is 2.98. The summed E-state index contributed by atoms with van der Waals surface area (Å²) in [5.74, 6) is 1.86. The molecular formula is C29H28N2O5. The van der Waals surface area contributed by atoms with Gasteiger partial charge in [-0.15, -0.1) is 0 Å². The number of likely N-dealkylation sites (tertiary alicyclic amines) is 1. The SMILES string of the molecule is CCOc1ccccc1/C=C1\Oc2c(ccc(O)c2CN2C[C@H]3C[C@@H](C2)c2cccc(=O)n2C3)C1=O. The molecule has 184 valence electrons. The molecule has 0 amide bonds. The fourth-order valence-corrected chi connectivity index (χ4v) is 5.83. The second-order valence-corrected chi connectivity index (χ2v) is 9.74. The molecule has 6 rings (SSSR count). The van der Waals surface area contributed by atoms with Crippen LogP contribution in [0.4, 0.5) is 0 Å². The Hall–Kier alpha value is -3.84. The van der Waals surface area contributed by atoms with E-state index in [1.165, 1.54) is 0 Å². The van der Waals surface area contributed by atoms with Crippen LogP contribution in [0.2, 0.25) is 0 Å². The molecule has 3 aliphatic rings. The number of ketones is 1. The summed E-state index contributed by atoms with van der Waals surface area (Å²) in [6.45, 7) is 5.21. The van der Waals surface area contributed by atoms with Crippen LogP contribution in [0.15, 0.2) is 65.2 Å². The van der Waals surface area contributed by atoms with Crippen molar-refractivity contribution in [1.29, 1.82) is 0 Å². The molecule has 0 spiro atoms. The third-order valence-corrected chi connectivity index (χ3v) is 7.36. The summed E-state index contributed by atoms with van der Waals surface area (Å²) in [5, 5.41) is 10.8. The zero-order valence-electron chi connectivity index (χ0n) is 20.1. The van der Waals surface area contributed by atoms with E-state index in [0.717, 1.165) is 30.8 Å². The Kier molecular flexibility index (Phi) is 5.64. The molecule has 1 fully saturated rings. The molecule has 36 heavy (non-hydrogen) atoms. The van der Waals surface area contributed by atoms with Crippen LogP contribution in [0.25, 0.3) is 6.08 Å². The van der Waals surface area contributed by atoms with Gasteiger partial charge < -0.3 is 19.1 Å². The van der Waals surface area contributed by atoms with E-state index in [4.69, 9.17) is 9.47 Å². The van der Waals surface area contributed by atoms with E-state index >= 15 is 0 Å². The van der Waals surface area contributed by atoms with E-state index in [9.17, 15) is 14.7 Å². The molecule has 2 aromatic carbocycles. The topological polar surface area (TPSA) is 81.0 Å². The number of pyridine rings is 1. The second kappa shape index (κ2) is 8.99. The van der Waals surface area contributed by atoms with Crippen molar-refractivity contribution in [1.82, 2.24) is 9.47 Å². The standard InChI is InChI=1S/C29H28N2O5/c1-2-35-25-8-4-3-6-19(25)13-26-28(34)21-10-11-24(32)22(29(21)36-26)17-30-14-18-12-20(16-30)23-7-5-9-27(33)31(23)15-18/h3-11,13,18,20,32H,2,12,14-17H2,1H3/b26-13-/t18-,20+/m1/s1. The first kappa shape index (κ1) is 22.6. The lowest BCUT2D eigenvalue weighted by Gasteiger charge is -2.42. The number of aromatic hydroxyl groups is 1. The van der Waals surface area contributed by atoms with Gasteiger partial charge >= 0.3 is 0 Å². The summed E-state index contributed by atoms with van der Waals surface area (Å²) in [7, 11) is 0. The van der Waals surface area contributed by atoms with E-state index in [2.05, 4.69) is 4.90 Å². The number of Topliss-reactive ketones (excluding diaryl/α,β-unsaturated/α-hetero) is 1. The van der Waals surface area contributed by atoms with Crippen molar-refractivity contribution in [3.8, 4) is 17.2 Å². The van der Waals surface area contributed by atoms with Crippen molar-refractivity contribution in [2.24, 2.45) is 5.92 Å². The van der Waals surface area contributed by atoms with Gasteiger partial charge in [0.1, 0.15) is 17.2 Å². The van der Waals surface area contributed by atoms with Gasteiger partial charge in [-0.05, 0) is 49.6 Å². The quantitative estimate of drug-likeness (QED) is 0.547. The zero-order chi connectivity index (χ0) is 24.8. The summed E-state index contributed by atoms with van der Waals surface area (Å²) in [4.78, 5) is 27.8. The van der Waals surface area contributed by atoms with Crippen LogP contribution in [0.3, 0.4) is 0 Å². The van der Waals surface area contributed by atoms with Crippen molar-refractivity contribution >= 4 is 11.9 Å². The molecule has 2 bridgehead atoms. The van der Waals surface area contributed by atoms with Gasteiger partial charge in [-0.1, -0.05) is 24.3 Å². The smallest absolute Gasteiger partial charge is 0.250 e. The predicted molar refractivity (Wildman–Crippen MR) is 135 cm³/mol. The Balaban J connectivity index is 1.28. The highest BCUT2D eigenvalue weighted by Gasteiger charge is 2.37. The molecule has 2 atom stereocenters. The third kappa shape index (κ3) is 3.89. The van der Waals surface area contributed by atoms with E-state index in [1.807, 2.05) is 47.9 Å². The Morgan fingerprint density at radius 2 is 1.92 bits per heavy atom. The van der Waals surface area contributed by atoms with Gasteiger partial charge in [-0.3, -0.25) is 14.5 Å². The van der Waals surface area contributed by atoms with Crippen molar-refractivity contribution in [3.63, 3.8) is 0 Å². The summed E-state index contributed by atoms with van der Waals surface area (Å²) >= 11 is 0. The number of carbonyl (C=O) groups is 1. The zero-order valence-corrected chi connectivity index (χ0v) is 20.1. The number of carbonyl (C=O) groups excluding carboxylic acids is 1. The van der Waals surface area contributed by atoms with Crippen molar-refractivity contribution < 1.29 is 19.4 Å². The molecule has 7 nitrogen and oxygen atoms in total. The number of hydrogen-bond acceptors (Lipinski definition) is 6. The highest BCUT2D eigenvalue weighted by Crippen LogP contribution is 2.42. The molecule has 1 aromatic heterocycles. The molecule has 1 N–H and O–H groups in total. The molecule has 0 saturated carbocycles. The lowest BCUT2D eigenvalue weighted by atomic mass is 9.83. The second-order valence-electron chi connectivity index (χ2n) is 9.74. The minimum atomic E-state index is -0.207. The highest BCUT2D eigenvalue weighted by atomic mass is 16.5. The number of piperidine rings is 1. The molecule has 4 heterocycles. The number of hydrogen-bond donors (Lipinski definition) is 1. The van der Waals surface area contributed by atoms with E-state index < -0.39 is 0 Å². The Morgan fingerprint density at radius 3 is 2.78 bits per heavy atom. The Bertz CT molecular complexity index is 1440.